The summed E-state index contributed by atoms with van der Waals surface area (Å²) in [6, 6.07) is 13.8. The van der Waals surface area contributed by atoms with Crippen molar-refractivity contribution in [2.45, 2.75) is 20.3 Å². The Morgan fingerprint density at radius 2 is 1.92 bits per heavy atom. The smallest absolute Gasteiger partial charge is 0.308 e. The van der Waals surface area contributed by atoms with E-state index in [-0.39, 0.29) is 6.42 Å². The number of methoxy groups -OCH3 is 1. The van der Waals surface area contributed by atoms with Crippen LogP contribution in [0.3, 0.4) is 0 Å². The molecule has 0 saturated heterocycles. The largest absolute Gasteiger partial charge is 0.496 e. The molecular formula is C20H19NO3S. The summed E-state index contributed by atoms with van der Waals surface area (Å²) in [4.78, 5) is 16.8. The Balaban J connectivity index is 2.17. The molecule has 2 aromatic carbocycles. The fourth-order valence-electron chi connectivity index (χ4n) is 2.84. The molecule has 0 amide bonds. The molecule has 128 valence electrons. The number of carboxylic acids is 1. The molecule has 1 N–H and O–H groups in total. The molecule has 3 aromatic rings. The minimum absolute atomic E-state index is 0.0462. The number of aromatic nitrogens is 1. The lowest BCUT2D eigenvalue weighted by Crippen LogP contribution is -2.00. The van der Waals surface area contributed by atoms with Crippen molar-refractivity contribution in [3.05, 3.63) is 58.5 Å². The van der Waals surface area contributed by atoms with Crippen LogP contribution in [0, 0.1) is 13.8 Å². The van der Waals surface area contributed by atoms with Gasteiger partial charge in [0.25, 0.3) is 0 Å². The van der Waals surface area contributed by atoms with E-state index in [0.29, 0.717) is 0 Å². The maximum absolute atomic E-state index is 11.3. The van der Waals surface area contributed by atoms with Crippen LogP contribution >= 0.6 is 11.3 Å². The van der Waals surface area contributed by atoms with Gasteiger partial charge in [-0.2, -0.15) is 0 Å². The number of hydrogen-bond acceptors (Lipinski definition) is 4. The van der Waals surface area contributed by atoms with Gasteiger partial charge in [0.1, 0.15) is 10.8 Å². The van der Waals surface area contributed by atoms with E-state index in [0.717, 1.165) is 38.0 Å². The highest BCUT2D eigenvalue weighted by atomic mass is 32.1. The van der Waals surface area contributed by atoms with Crippen LogP contribution in [0.1, 0.15) is 16.0 Å². The summed E-state index contributed by atoms with van der Waals surface area (Å²) in [5.41, 5.74) is 4.84. The number of carbonyl (C=O) groups is 1. The molecule has 0 unspecified atom stereocenters. The molecule has 0 aliphatic heterocycles. The lowest BCUT2D eigenvalue weighted by molar-refractivity contribution is -0.136. The van der Waals surface area contributed by atoms with Crippen molar-refractivity contribution in [2.75, 3.05) is 7.11 Å². The number of aliphatic carboxylic acids is 1. The van der Waals surface area contributed by atoms with Gasteiger partial charge in [-0.05, 0) is 31.5 Å². The number of nitrogens with zero attached hydrogens (tertiary/aromatic N) is 1. The Kier molecular flexibility index (Phi) is 4.86. The van der Waals surface area contributed by atoms with Gasteiger partial charge in [0.15, 0.2) is 0 Å². The van der Waals surface area contributed by atoms with Gasteiger partial charge in [-0.25, -0.2) is 4.98 Å². The molecule has 0 aliphatic rings. The highest BCUT2D eigenvalue weighted by molar-refractivity contribution is 7.15. The molecule has 4 nitrogen and oxygen atoms in total. The van der Waals surface area contributed by atoms with Gasteiger partial charge in [0, 0.05) is 10.4 Å². The van der Waals surface area contributed by atoms with Crippen molar-refractivity contribution < 1.29 is 14.6 Å². The summed E-state index contributed by atoms with van der Waals surface area (Å²) in [6.45, 7) is 4.06. The number of ether oxygens (including phenoxy) is 1. The predicted octanol–water partition coefficient (Wildman–Crippen LogP) is 4.73. The highest BCUT2D eigenvalue weighted by Gasteiger charge is 2.19. The molecule has 5 heteroatoms. The maximum Gasteiger partial charge on any atom is 0.308 e. The lowest BCUT2D eigenvalue weighted by Gasteiger charge is -2.06. The van der Waals surface area contributed by atoms with E-state index in [2.05, 4.69) is 6.07 Å². The van der Waals surface area contributed by atoms with Crippen molar-refractivity contribution in [2.24, 2.45) is 0 Å². The van der Waals surface area contributed by atoms with Crippen LogP contribution in [-0.4, -0.2) is 23.2 Å². The molecular weight excluding hydrogens is 334 g/mol. The van der Waals surface area contributed by atoms with Crippen LogP contribution in [0.5, 0.6) is 5.75 Å². The van der Waals surface area contributed by atoms with E-state index in [1.165, 1.54) is 16.9 Å². The van der Waals surface area contributed by atoms with Crippen LogP contribution in [0.2, 0.25) is 0 Å². The van der Waals surface area contributed by atoms with Gasteiger partial charge in [0.2, 0.25) is 0 Å². The van der Waals surface area contributed by atoms with Crippen LogP contribution in [0.4, 0.5) is 0 Å². The highest BCUT2D eigenvalue weighted by Crippen LogP contribution is 2.39. The zero-order valence-electron chi connectivity index (χ0n) is 14.4. The monoisotopic (exact) mass is 353 g/mol. The number of hydrogen-bond donors (Lipinski definition) is 1. The van der Waals surface area contributed by atoms with Crippen LogP contribution in [-0.2, 0) is 11.2 Å². The lowest BCUT2D eigenvalue weighted by atomic mass is 10.0. The number of rotatable bonds is 5. The average Bonchev–Trinajstić information content (AvgIpc) is 2.97. The van der Waals surface area contributed by atoms with Gasteiger partial charge >= 0.3 is 5.97 Å². The van der Waals surface area contributed by atoms with Gasteiger partial charge in [0.05, 0.1) is 24.8 Å². The standard InChI is InChI=1S/C20H19NO3S/c1-12-8-9-14(13(2)10-12)19-17(11-18(22)23)25-20(21-19)15-6-4-5-7-16(15)24-3/h4-10H,11H2,1-3H3,(H,22,23). The Morgan fingerprint density at radius 1 is 1.16 bits per heavy atom. The fourth-order valence-corrected chi connectivity index (χ4v) is 3.93. The van der Waals surface area contributed by atoms with Gasteiger partial charge < -0.3 is 9.84 Å². The van der Waals surface area contributed by atoms with Crippen LogP contribution in [0.25, 0.3) is 21.8 Å². The molecule has 0 aliphatic carbocycles. The Hall–Kier alpha value is -2.66. The van der Waals surface area contributed by atoms with Gasteiger partial charge in [-0.15, -0.1) is 11.3 Å². The summed E-state index contributed by atoms with van der Waals surface area (Å²) in [7, 11) is 1.62. The Morgan fingerprint density at radius 3 is 2.60 bits per heavy atom. The van der Waals surface area contributed by atoms with Crippen LogP contribution < -0.4 is 4.74 Å². The van der Waals surface area contributed by atoms with E-state index >= 15 is 0 Å². The second-order valence-corrected chi connectivity index (χ2v) is 6.96. The summed E-state index contributed by atoms with van der Waals surface area (Å²) >= 11 is 1.41. The third kappa shape index (κ3) is 3.56. The van der Waals surface area contributed by atoms with Crippen molar-refractivity contribution in [3.8, 4) is 27.6 Å². The minimum atomic E-state index is -0.860. The first-order valence-corrected chi connectivity index (χ1v) is 8.73. The van der Waals surface area contributed by atoms with E-state index in [9.17, 15) is 9.90 Å². The fraction of sp³-hybridized carbons (Fsp3) is 0.200. The Bertz CT molecular complexity index is 930. The number of carboxylic acid groups (broad SMARTS) is 1. The topological polar surface area (TPSA) is 59.4 Å². The zero-order valence-corrected chi connectivity index (χ0v) is 15.2. The third-order valence-electron chi connectivity index (χ3n) is 3.98. The first-order chi connectivity index (χ1) is 12.0. The molecule has 25 heavy (non-hydrogen) atoms. The molecule has 3 rings (SSSR count). The Labute approximate surface area is 150 Å². The van der Waals surface area contributed by atoms with Crippen molar-refractivity contribution in [3.63, 3.8) is 0 Å². The normalized spacial score (nSPS) is 10.7. The number of para-hydroxylation sites is 1. The second kappa shape index (κ2) is 7.07. The number of benzene rings is 2. The molecule has 0 saturated carbocycles. The van der Waals surface area contributed by atoms with Gasteiger partial charge in [-0.1, -0.05) is 35.9 Å². The predicted molar refractivity (Wildman–Crippen MR) is 100 cm³/mol. The summed E-state index contributed by atoms with van der Waals surface area (Å²) in [6.07, 6.45) is -0.0462. The van der Waals surface area contributed by atoms with Crippen molar-refractivity contribution >= 4 is 17.3 Å². The average molecular weight is 353 g/mol. The molecule has 1 aromatic heterocycles. The van der Waals surface area contributed by atoms with E-state index in [4.69, 9.17) is 9.72 Å². The minimum Gasteiger partial charge on any atom is -0.496 e. The van der Waals surface area contributed by atoms with E-state index in [1.807, 2.05) is 50.2 Å². The summed E-state index contributed by atoms with van der Waals surface area (Å²) < 4.78 is 5.43. The summed E-state index contributed by atoms with van der Waals surface area (Å²) in [5.74, 6) is -0.133. The quantitative estimate of drug-likeness (QED) is 0.720. The molecule has 0 fully saturated rings. The molecule has 0 radical (unpaired) electrons. The van der Waals surface area contributed by atoms with E-state index in [1.54, 1.807) is 7.11 Å². The van der Waals surface area contributed by atoms with Gasteiger partial charge in [-0.3, -0.25) is 4.79 Å². The number of aryl methyl sites for hydroxylation is 2. The second-order valence-electron chi connectivity index (χ2n) is 5.88. The molecule has 0 atom stereocenters. The maximum atomic E-state index is 11.3. The molecule has 1 heterocycles. The SMILES string of the molecule is COc1ccccc1-c1nc(-c2ccc(C)cc2C)c(CC(=O)O)s1. The van der Waals surface area contributed by atoms with Crippen molar-refractivity contribution in [1.82, 2.24) is 4.98 Å². The molecule has 0 bridgehead atoms. The zero-order chi connectivity index (χ0) is 18.0. The summed E-state index contributed by atoms with van der Waals surface area (Å²) in [5, 5.41) is 10.1. The first kappa shape index (κ1) is 17.2. The molecule has 0 spiro atoms. The third-order valence-corrected chi connectivity index (χ3v) is 5.07. The van der Waals surface area contributed by atoms with Crippen LogP contribution in [0.15, 0.2) is 42.5 Å². The first-order valence-electron chi connectivity index (χ1n) is 7.92. The number of thiazole rings is 1. The van der Waals surface area contributed by atoms with E-state index < -0.39 is 5.97 Å². The van der Waals surface area contributed by atoms with Crippen molar-refractivity contribution in [1.29, 1.82) is 0 Å².